The van der Waals surface area contributed by atoms with Crippen molar-refractivity contribution in [2.24, 2.45) is 0 Å². The Kier molecular flexibility index (Phi) is 8.41. The van der Waals surface area contributed by atoms with Crippen molar-refractivity contribution in [3.63, 3.8) is 0 Å². The smallest absolute Gasteiger partial charge is 0.255 e. The number of carbonyl (C=O) groups excluding carboxylic acids is 2. The van der Waals surface area contributed by atoms with E-state index in [0.717, 1.165) is 25.3 Å². The number of carbonyl (C=O) groups is 2. The summed E-state index contributed by atoms with van der Waals surface area (Å²) in [5.74, 6) is 0.351. The molecule has 5 nitrogen and oxygen atoms in total. The molecule has 1 amide bonds. The van der Waals surface area contributed by atoms with Crippen molar-refractivity contribution < 1.29 is 14.3 Å². The van der Waals surface area contributed by atoms with Crippen LogP contribution in [0.3, 0.4) is 0 Å². The van der Waals surface area contributed by atoms with Crippen LogP contribution >= 0.6 is 0 Å². The van der Waals surface area contributed by atoms with Crippen LogP contribution in [0.25, 0.3) is 0 Å². The number of amides is 1. The number of anilines is 1. The summed E-state index contributed by atoms with van der Waals surface area (Å²) in [6, 6.07) is 33.4. The van der Waals surface area contributed by atoms with E-state index in [-0.39, 0.29) is 11.7 Å². The monoisotopic (exact) mass is 464 g/mol. The Bertz CT molecular complexity index is 1240. The second-order valence-electron chi connectivity index (χ2n) is 8.09. The van der Waals surface area contributed by atoms with Crippen LogP contribution in [0.2, 0.25) is 0 Å². The van der Waals surface area contributed by atoms with Crippen LogP contribution in [-0.4, -0.2) is 31.4 Å². The molecule has 0 fully saturated rings. The van der Waals surface area contributed by atoms with Gasteiger partial charge in [-0.05, 0) is 54.9 Å². The third-order valence-corrected chi connectivity index (χ3v) is 5.52. The van der Waals surface area contributed by atoms with Crippen molar-refractivity contribution in [2.45, 2.75) is 6.42 Å². The fourth-order valence-corrected chi connectivity index (χ4v) is 3.64. The highest BCUT2D eigenvalue weighted by atomic mass is 16.5. The van der Waals surface area contributed by atoms with Crippen LogP contribution in [-0.2, 0) is 6.42 Å². The summed E-state index contributed by atoms with van der Waals surface area (Å²) in [7, 11) is 0. The zero-order valence-electron chi connectivity index (χ0n) is 19.4. The van der Waals surface area contributed by atoms with Gasteiger partial charge in [0.25, 0.3) is 5.91 Å². The van der Waals surface area contributed by atoms with E-state index in [1.54, 1.807) is 48.5 Å². The Morgan fingerprint density at radius 3 is 2.06 bits per heavy atom. The maximum absolute atomic E-state index is 12.7. The van der Waals surface area contributed by atoms with E-state index in [1.165, 1.54) is 5.56 Å². The summed E-state index contributed by atoms with van der Waals surface area (Å²) >= 11 is 0. The summed E-state index contributed by atoms with van der Waals surface area (Å²) in [4.78, 5) is 25.4. The predicted molar refractivity (Wildman–Crippen MR) is 139 cm³/mol. The van der Waals surface area contributed by atoms with Crippen LogP contribution in [0.15, 0.2) is 109 Å². The van der Waals surface area contributed by atoms with E-state index in [9.17, 15) is 9.59 Å². The number of ether oxygens (including phenoxy) is 1. The SMILES string of the molecule is O=C(Nc1ccc(OCCNCCc2ccccc2)cc1)c1cccc(C(=O)c2ccccc2)c1. The number of rotatable bonds is 11. The van der Waals surface area contributed by atoms with Gasteiger partial charge in [-0.3, -0.25) is 9.59 Å². The van der Waals surface area contributed by atoms with Gasteiger partial charge >= 0.3 is 0 Å². The van der Waals surface area contributed by atoms with E-state index in [4.69, 9.17) is 4.74 Å². The van der Waals surface area contributed by atoms with Gasteiger partial charge in [0.05, 0.1) is 0 Å². The van der Waals surface area contributed by atoms with Gasteiger partial charge in [-0.1, -0.05) is 72.8 Å². The van der Waals surface area contributed by atoms with E-state index in [1.807, 2.05) is 36.4 Å². The molecule has 0 atom stereocenters. The van der Waals surface area contributed by atoms with Gasteiger partial charge in [0.1, 0.15) is 12.4 Å². The van der Waals surface area contributed by atoms with Gasteiger partial charge in [0.15, 0.2) is 5.78 Å². The topological polar surface area (TPSA) is 67.4 Å². The molecular weight excluding hydrogens is 436 g/mol. The molecule has 4 aromatic carbocycles. The van der Waals surface area contributed by atoms with Gasteiger partial charge in [0.2, 0.25) is 0 Å². The average Bonchev–Trinajstić information content (AvgIpc) is 2.92. The van der Waals surface area contributed by atoms with Gasteiger partial charge in [0, 0.05) is 28.9 Å². The number of nitrogens with one attached hydrogen (secondary N) is 2. The molecule has 0 saturated heterocycles. The number of hydrogen-bond donors (Lipinski definition) is 2. The number of hydrogen-bond acceptors (Lipinski definition) is 4. The fourth-order valence-electron chi connectivity index (χ4n) is 3.64. The maximum Gasteiger partial charge on any atom is 0.255 e. The highest BCUT2D eigenvalue weighted by molar-refractivity contribution is 6.11. The Balaban J connectivity index is 1.23. The lowest BCUT2D eigenvalue weighted by Gasteiger charge is -2.10. The zero-order chi connectivity index (χ0) is 24.3. The Morgan fingerprint density at radius 1 is 0.657 bits per heavy atom. The first kappa shape index (κ1) is 23.9. The van der Waals surface area contributed by atoms with Crippen molar-refractivity contribution in [1.29, 1.82) is 0 Å². The molecule has 0 aliphatic heterocycles. The molecule has 0 radical (unpaired) electrons. The van der Waals surface area contributed by atoms with Crippen molar-refractivity contribution in [1.82, 2.24) is 5.32 Å². The highest BCUT2D eigenvalue weighted by Gasteiger charge is 2.12. The van der Waals surface area contributed by atoms with Crippen molar-refractivity contribution in [3.05, 3.63) is 131 Å². The summed E-state index contributed by atoms with van der Waals surface area (Å²) in [5.41, 5.74) is 3.46. The van der Waals surface area contributed by atoms with Gasteiger partial charge in [-0.15, -0.1) is 0 Å². The Morgan fingerprint density at radius 2 is 1.31 bits per heavy atom. The van der Waals surface area contributed by atoms with Crippen molar-refractivity contribution >= 4 is 17.4 Å². The molecule has 0 aromatic heterocycles. The maximum atomic E-state index is 12.7. The summed E-state index contributed by atoms with van der Waals surface area (Å²) in [5, 5.41) is 6.25. The molecular formula is C30H28N2O3. The largest absolute Gasteiger partial charge is 0.492 e. The molecule has 0 unspecified atom stereocenters. The molecule has 0 spiro atoms. The Labute approximate surface area is 205 Å². The lowest BCUT2D eigenvalue weighted by atomic mass is 10.0. The van der Waals surface area contributed by atoms with E-state index < -0.39 is 0 Å². The molecule has 0 saturated carbocycles. The first-order chi connectivity index (χ1) is 17.2. The zero-order valence-corrected chi connectivity index (χ0v) is 19.4. The molecule has 176 valence electrons. The summed E-state index contributed by atoms with van der Waals surface area (Å²) in [6.45, 7) is 2.21. The number of benzene rings is 4. The fraction of sp³-hybridized carbons (Fsp3) is 0.133. The van der Waals surface area contributed by atoms with Crippen LogP contribution in [0, 0.1) is 0 Å². The highest BCUT2D eigenvalue weighted by Crippen LogP contribution is 2.17. The second kappa shape index (κ2) is 12.3. The minimum Gasteiger partial charge on any atom is -0.492 e. The van der Waals surface area contributed by atoms with Crippen LogP contribution in [0.1, 0.15) is 31.8 Å². The molecule has 5 heteroatoms. The van der Waals surface area contributed by atoms with E-state index >= 15 is 0 Å². The van der Waals surface area contributed by atoms with Gasteiger partial charge in [-0.25, -0.2) is 0 Å². The molecule has 2 N–H and O–H groups in total. The van der Waals surface area contributed by atoms with E-state index in [2.05, 4.69) is 34.9 Å². The summed E-state index contributed by atoms with van der Waals surface area (Å²) in [6.07, 6.45) is 0.985. The molecule has 0 aliphatic rings. The minimum atomic E-state index is -0.274. The molecule has 0 aliphatic carbocycles. The predicted octanol–water partition coefficient (Wildman–Crippen LogP) is 5.38. The van der Waals surface area contributed by atoms with Gasteiger partial charge < -0.3 is 15.4 Å². The molecule has 4 rings (SSSR count). The quantitative estimate of drug-likeness (QED) is 0.231. The van der Waals surface area contributed by atoms with Gasteiger partial charge in [-0.2, -0.15) is 0 Å². The number of ketones is 1. The third kappa shape index (κ3) is 7.13. The Hall–Kier alpha value is -4.22. The molecule has 4 aromatic rings. The molecule has 0 heterocycles. The molecule has 35 heavy (non-hydrogen) atoms. The third-order valence-electron chi connectivity index (χ3n) is 5.52. The van der Waals surface area contributed by atoms with Crippen molar-refractivity contribution in [2.75, 3.05) is 25.0 Å². The molecule has 0 bridgehead atoms. The first-order valence-corrected chi connectivity index (χ1v) is 11.7. The van der Waals surface area contributed by atoms with Crippen LogP contribution in [0.5, 0.6) is 5.75 Å². The average molecular weight is 465 g/mol. The van der Waals surface area contributed by atoms with E-state index in [0.29, 0.717) is 29.0 Å². The van der Waals surface area contributed by atoms with Crippen molar-refractivity contribution in [3.8, 4) is 5.75 Å². The second-order valence-corrected chi connectivity index (χ2v) is 8.09. The standard InChI is InChI=1S/C30H28N2O3/c33-29(24-10-5-2-6-11-24)25-12-7-13-26(22-25)30(34)32-27-14-16-28(17-15-27)35-21-20-31-19-18-23-8-3-1-4-9-23/h1-17,22,31H,18-21H2,(H,32,34). The lowest BCUT2D eigenvalue weighted by Crippen LogP contribution is -2.23. The normalized spacial score (nSPS) is 10.5. The minimum absolute atomic E-state index is 0.115. The van der Waals surface area contributed by atoms with Crippen LogP contribution in [0.4, 0.5) is 5.69 Å². The first-order valence-electron chi connectivity index (χ1n) is 11.7. The van der Waals surface area contributed by atoms with Crippen LogP contribution < -0.4 is 15.4 Å². The lowest BCUT2D eigenvalue weighted by molar-refractivity contribution is 0.102. The summed E-state index contributed by atoms with van der Waals surface area (Å²) < 4.78 is 5.77.